The number of hydrogen-bond donors (Lipinski definition) is 1. The van der Waals surface area contributed by atoms with E-state index in [-0.39, 0.29) is 18.9 Å². The van der Waals surface area contributed by atoms with Gasteiger partial charge in [-0.1, -0.05) is 60.2 Å². The standard InChI is InChI=1S/C33H41N3O8/c1-22-11-8-14-26(19-22)20-33(31(40)34-28(30(39)42-4)23(2)44-24(3)37)16-10-18-36(33)29(38)27-15-9-17-35(27)32(41)43-21-25-12-6-5-7-13-25/h5-8,11-14,19,23,27-28H,9-10,15-18,20-21H2,1-4H3,(H,34,40)/t23-,27+,28+,33?/m1/s1. The number of ether oxygens (including phenoxy) is 3. The van der Waals surface area contributed by atoms with Crippen LogP contribution in [0.3, 0.4) is 0 Å². The topological polar surface area (TPSA) is 132 Å². The minimum Gasteiger partial charge on any atom is -0.467 e. The number of esters is 2. The predicted molar refractivity (Wildman–Crippen MR) is 160 cm³/mol. The third-order valence-electron chi connectivity index (χ3n) is 8.30. The van der Waals surface area contributed by atoms with Crippen LogP contribution in [0.15, 0.2) is 54.6 Å². The van der Waals surface area contributed by atoms with E-state index < -0.39 is 47.7 Å². The van der Waals surface area contributed by atoms with Gasteiger partial charge in [-0.3, -0.25) is 19.3 Å². The van der Waals surface area contributed by atoms with Gasteiger partial charge in [0.15, 0.2) is 6.04 Å². The number of likely N-dealkylation sites (tertiary alicyclic amines) is 2. The molecule has 2 aliphatic rings. The Kier molecular flexibility index (Phi) is 10.6. The van der Waals surface area contributed by atoms with Gasteiger partial charge in [-0.05, 0) is 50.7 Å². The van der Waals surface area contributed by atoms with E-state index in [0.717, 1.165) is 16.7 Å². The molecule has 0 spiro atoms. The smallest absolute Gasteiger partial charge is 0.410 e. The first-order valence-electron chi connectivity index (χ1n) is 15.0. The normalized spacial score (nSPS) is 20.9. The van der Waals surface area contributed by atoms with Crippen LogP contribution in [0, 0.1) is 6.92 Å². The molecule has 236 valence electrons. The number of amides is 3. The van der Waals surface area contributed by atoms with Crippen molar-refractivity contribution in [1.82, 2.24) is 15.1 Å². The Labute approximate surface area is 257 Å². The van der Waals surface area contributed by atoms with Crippen LogP contribution < -0.4 is 5.32 Å². The molecule has 2 fully saturated rings. The molecular formula is C33H41N3O8. The van der Waals surface area contributed by atoms with Crippen molar-refractivity contribution in [2.75, 3.05) is 20.2 Å². The summed E-state index contributed by atoms with van der Waals surface area (Å²) in [7, 11) is 1.18. The number of nitrogens with one attached hydrogen (secondary N) is 1. The average molecular weight is 608 g/mol. The quantitative estimate of drug-likeness (QED) is 0.322. The molecule has 4 rings (SSSR count). The van der Waals surface area contributed by atoms with Gasteiger partial charge in [-0.15, -0.1) is 0 Å². The second kappa shape index (κ2) is 14.4. The molecule has 2 aliphatic heterocycles. The van der Waals surface area contributed by atoms with Crippen LogP contribution in [0.1, 0.15) is 56.2 Å². The molecule has 11 heteroatoms. The second-order valence-electron chi connectivity index (χ2n) is 11.5. The van der Waals surface area contributed by atoms with Crippen LogP contribution in [0.25, 0.3) is 0 Å². The first kappa shape index (κ1) is 32.5. The maximum atomic E-state index is 14.3. The van der Waals surface area contributed by atoms with Crippen LogP contribution in [0.4, 0.5) is 4.79 Å². The lowest BCUT2D eigenvalue weighted by Gasteiger charge is -2.40. The van der Waals surface area contributed by atoms with Crippen molar-refractivity contribution < 1.29 is 38.2 Å². The van der Waals surface area contributed by atoms with Crippen molar-refractivity contribution in [3.8, 4) is 0 Å². The molecule has 11 nitrogen and oxygen atoms in total. The molecule has 4 atom stereocenters. The fourth-order valence-electron chi connectivity index (χ4n) is 6.18. The number of nitrogens with zero attached hydrogens (tertiary/aromatic N) is 2. The molecule has 0 radical (unpaired) electrons. The van der Waals surface area contributed by atoms with E-state index in [4.69, 9.17) is 14.2 Å². The lowest BCUT2D eigenvalue weighted by molar-refractivity contribution is -0.158. The number of carbonyl (C=O) groups is 5. The summed E-state index contributed by atoms with van der Waals surface area (Å²) in [5.74, 6) is -2.30. The molecule has 0 saturated carbocycles. The molecule has 2 aromatic carbocycles. The van der Waals surface area contributed by atoms with Crippen LogP contribution in [0.5, 0.6) is 0 Å². The molecule has 0 aromatic heterocycles. The van der Waals surface area contributed by atoms with Gasteiger partial charge in [0.05, 0.1) is 7.11 Å². The molecular weight excluding hydrogens is 566 g/mol. The van der Waals surface area contributed by atoms with E-state index in [0.29, 0.717) is 38.8 Å². The number of carbonyl (C=O) groups excluding carboxylic acids is 5. The van der Waals surface area contributed by atoms with Gasteiger partial charge in [0.1, 0.15) is 24.3 Å². The van der Waals surface area contributed by atoms with Crippen molar-refractivity contribution in [2.24, 2.45) is 0 Å². The van der Waals surface area contributed by atoms with Gasteiger partial charge in [0, 0.05) is 26.4 Å². The number of aryl methyl sites for hydroxylation is 1. The van der Waals surface area contributed by atoms with Gasteiger partial charge in [-0.2, -0.15) is 0 Å². The monoisotopic (exact) mass is 607 g/mol. The fourth-order valence-corrected chi connectivity index (χ4v) is 6.18. The lowest BCUT2D eigenvalue weighted by atomic mass is 9.85. The third-order valence-corrected chi connectivity index (χ3v) is 8.30. The highest BCUT2D eigenvalue weighted by Gasteiger charge is 2.53. The molecule has 2 heterocycles. The lowest BCUT2D eigenvalue weighted by Crippen LogP contribution is -2.64. The molecule has 3 amide bonds. The summed E-state index contributed by atoms with van der Waals surface area (Å²) in [5.41, 5.74) is 1.30. The fraction of sp³-hybridized carbons (Fsp3) is 0.485. The predicted octanol–water partition coefficient (Wildman–Crippen LogP) is 3.31. The van der Waals surface area contributed by atoms with Crippen molar-refractivity contribution in [1.29, 1.82) is 0 Å². The summed E-state index contributed by atoms with van der Waals surface area (Å²) < 4.78 is 15.7. The van der Waals surface area contributed by atoms with Crippen molar-refractivity contribution in [3.63, 3.8) is 0 Å². The maximum absolute atomic E-state index is 14.3. The van der Waals surface area contributed by atoms with Gasteiger partial charge in [-0.25, -0.2) is 9.59 Å². The SMILES string of the molecule is COC(=O)[C@@H](NC(=O)C1(Cc2cccc(C)c2)CCCN1C(=O)[C@@H]1CCCN1C(=O)OCc1ccccc1)[C@@H](C)OC(C)=O. The van der Waals surface area contributed by atoms with Gasteiger partial charge < -0.3 is 24.4 Å². The number of methoxy groups -OCH3 is 1. The van der Waals surface area contributed by atoms with Gasteiger partial charge in [0.2, 0.25) is 11.8 Å². The zero-order valence-electron chi connectivity index (χ0n) is 25.7. The number of rotatable bonds is 10. The third kappa shape index (κ3) is 7.38. The summed E-state index contributed by atoms with van der Waals surface area (Å²) in [6, 6.07) is 14.9. The highest BCUT2D eigenvalue weighted by atomic mass is 16.6. The van der Waals surface area contributed by atoms with Gasteiger partial charge in [0.25, 0.3) is 0 Å². The van der Waals surface area contributed by atoms with E-state index >= 15 is 0 Å². The molecule has 2 saturated heterocycles. The van der Waals surface area contributed by atoms with E-state index in [1.165, 1.54) is 25.9 Å². The first-order chi connectivity index (χ1) is 21.1. The molecule has 44 heavy (non-hydrogen) atoms. The van der Waals surface area contributed by atoms with Crippen molar-refractivity contribution in [2.45, 2.75) is 83.2 Å². The van der Waals surface area contributed by atoms with Gasteiger partial charge >= 0.3 is 18.0 Å². The van der Waals surface area contributed by atoms with Crippen LogP contribution in [-0.2, 0) is 46.4 Å². The zero-order chi connectivity index (χ0) is 31.9. The van der Waals surface area contributed by atoms with Crippen LogP contribution in [0.2, 0.25) is 0 Å². The highest BCUT2D eigenvalue weighted by molar-refractivity contribution is 5.97. The molecule has 0 bridgehead atoms. The minimum absolute atomic E-state index is 0.0793. The summed E-state index contributed by atoms with van der Waals surface area (Å²) in [6.07, 6.45) is 0.512. The Morgan fingerprint density at radius 2 is 1.73 bits per heavy atom. The second-order valence-corrected chi connectivity index (χ2v) is 11.5. The summed E-state index contributed by atoms with van der Waals surface area (Å²) >= 11 is 0. The highest BCUT2D eigenvalue weighted by Crippen LogP contribution is 2.36. The maximum Gasteiger partial charge on any atom is 0.410 e. The van der Waals surface area contributed by atoms with Crippen molar-refractivity contribution in [3.05, 3.63) is 71.3 Å². The average Bonchev–Trinajstić information content (AvgIpc) is 3.66. The molecule has 0 aliphatic carbocycles. The molecule has 1 N–H and O–H groups in total. The number of hydrogen-bond acceptors (Lipinski definition) is 8. The van der Waals surface area contributed by atoms with E-state index in [1.807, 2.05) is 61.5 Å². The summed E-state index contributed by atoms with van der Waals surface area (Å²) in [5, 5.41) is 2.75. The van der Waals surface area contributed by atoms with Crippen LogP contribution in [-0.4, -0.2) is 83.6 Å². The number of benzene rings is 2. The van der Waals surface area contributed by atoms with Crippen LogP contribution >= 0.6 is 0 Å². The zero-order valence-corrected chi connectivity index (χ0v) is 25.7. The molecule has 2 aromatic rings. The van der Waals surface area contributed by atoms with Crippen molar-refractivity contribution >= 4 is 29.8 Å². The Morgan fingerprint density at radius 3 is 2.41 bits per heavy atom. The first-order valence-corrected chi connectivity index (χ1v) is 15.0. The largest absolute Gasteiger partial charge is 0.467 e. The Hall–Kier alpha value is -4.41. The molecule has 1 unspecified atom stereocenters. The Bertz CT molecular complexity index is 1370. The van der Waals surface area contributed by atoms with E-state index in [2.05, 4.69) is 5.32 Å². The van der Waals surface area contributed by atoms with E-state index in [9.17, 15) is 24.0 Å². The summed E-state index contributed by atoms with van der Waals surface area (Å²) in [6.45, 7) is 5.38. The Balaban J connectivity index is 1.62. The minimum atomic E-state index is -1.37. The Morgan fingerprint density at radius 1 is 1.00 bits per heavy atom. The summed E-state index contributed by atoms with van der Waals surface area (Å²) in [4.78, 5) is 69.2. The van der Waals surface area contributed by atoms with E-state index in [1.54, 1.807) is 4.90 Å².